The van der Waals surface area contributed by atoms with E-state index in [9.17, 15) is 28.9 Å². The number of aliphatic carboxylic acids is 1. The van der Waals surface area contributed by atoms with Gasteiger partial charge in [0, 0.05) is 12.8 Å². The Bertz CT molecular complexity index is 1460. The third-order valence-corrected chi connectivity index (χ3v) is 9.56. The van der Waals surface area contributed by atoms with E-state index in [4.69, 9.17) is 24.8 Å². The number of carbonyl (C=O) groups is 3. The summed E-state index contributed by atoms with van der Waals surface area (Å²) in [7, 11) is -4.78. The van der Waals surface area contributed by atoms with Crippen molar-refractivity contribution in [3.63, 3.8) is 0 Å². The maximum Gasteiger partial charge on any atom is 0.472 e. The predicted molar refractivity (Wildman–Crippen MR) is 246 cm³/mol. The maximum atomic E-state index is 12.6. The highest BCUT2D eigenvalue weighted by Gasteiger charge is 2.28. The first-order chi connectivity index (χ1) is 29.5. The monoisotopic (exact) mass is 874 g/mol. The highest BCUT2D eigenvalue weighted by molar-refractivity contribution is 7.47. The van der Waals surface area contributed by atoms with Crippen LogP contribution >= 0.6 is 7.82 Å². The van der Waals surface area contributed by atoms with Gasteiger partial charge >= 0.3 is 25.7 Å². The molecule has 0 aliphatic rings. The molecule has 0 saturated carbocycles. The summed E-state index contributed by atoms with van der Waals surface area (Å²) in [6.07, 6.45) is 50.4. The first-order valence-electron chi connectivity index (χ1n) is 22.0. The SMILES string of the molecule is CC/C=C\C/C=C\C/C=C\C/C=C\C/C=C\CCCCCC(=O)O[C@H](COC(=O)CCC[C@H](O)/C=C/C=C\C/C=C\C/C=C\CCCCC)COP(=O)(O)OC[C@H](N)C(=O)O. The first-order valence-corrected chi connectivity index (χ1v) is 23.5. The molecule has 344 valence electrons. The minimum atomic E-state index is -4.78. The number of aliphatic hydroxyl groups excluding tert-OH is 1. The van der Waals surface area contributed by atoms with Crippen molar-refractivity contribution < 1.29 is 52.6 Å². The van der Waals surface area contributed by atoms with Crippen LogP contribution in [0.15, 0.2) is 109 Å². The molecule has 0 radical (unpaired) electrons. The summed E-state index contributed by atoms with van der Waals surface area (Å²) >= 11 is 0. The summed E-state index contributed by atoms with van der Waals surface area (Å²) in [6, 6.07) is -1.56. The average molecular weight is 874 g/mol. The van der Waals surface area contributed by atoms with Crippen molar-refractivity contribution in [3.05, 3.63) is 109 Å². The standard InChI is InChI=1S/C48H76NO11P/c1-3-5-7-9-11-13-15-17-18-19-20-21-22-24-26-28-30-32-34-38-47(52)60-44(41-58-61(55,56)59-42-45(49)48(53)54)40-57-46(51)39-35-37-43(50)36-33-31-29-27-25-23-16-14-12-10-8-6-4-2/h5,7,11-14,17-18,20-21,23-26,29,31,33,36,43-45,50H,3-4,6,8-10,15-16,19,22,27-28,30,32,34-35,37-42,49H2,1-2H3,(H,53,54)(H,55,56)/b7-5-,13-11-,14-12-,18-17-,21-20-,25-23-,26-24-,31-29-,36-33+/t43-,44-,45+/m1/s1. The number of esters is 2. The lowest BCUT2D eigenvalue weighted by molar-refractivity contribution is -0.161. The van der Waals surface area contributed by atoms with Crippen molar-refractivity contribution in [2.24, 2.45) is 5.73 Å². The number of carboxylic acids is 1. The van der Waals surface area contributed by atoms with Gasteiger partial charge in [0.05, 0.1) is 19.3 Å². The van der Waals surface area contributed by atoms with E-state index in [-0.39, 0.29) is 12.8 Å². The summed E-state index contributed by atoms with van der Waals surface area (Å²) in [4.78, 5) is 46.0. The molecule has 0 heterocycles. The van der Waals surface area contributed by atoms with Crippen molar-refractivity contribution in [1.29, 1.82) is 0 Å². The second-order valence-electron chi connectivity index (χ2n) is 14.3. The number of carbonyl (C=O) groups excluding carboxylic acids is 2. The van der Waals surface area contributed by atoms with Gasteiger partial charge in [0.15, 0.2) is 6.10 Å². The van der Waals surface area contributed by atoms with Crippen molar-refractivity contribution in [3.8, 4) is 0 Å². The van der Waals surface area contributed by atoms with Crippen LogP contribution < -0.4 is 5.73 Å². The fourth-order valence-electron chi connectivity index (χ4n) is 5.13. The van der Waals surface area contributed by atoms with Gasteiger partial charge in [-0.15, -0.1) is 0 Å². The van der Waals surface area contributed by atoms with E-state index < -0.39 is 63.8 Å². The van der Waals surface area contributed by atoms with Crippen LogP contribution in [0.4, 0.5) is 0 Å². The molecule has 0 saturated heterocycles. The number of hydrogen-bond donors (Lipinski definition) is 4. The zero-order valence-electron chi connectivity index (χ0n) is 36.8. The number of ether oxygens (including phenoxy) is 2. The molecule has 0 rings (SSSR count). The molecular formula is C48H76NO11P. The van der Waals surface area contributed by atoms with Gasteiger partial charge in [0.1, 0.15) is 12.6 Å². The normalized spacial score (nSPS) is 15.2. The lowest BCUT2D eigenvalue weighted by Crippen LogP contribution is -2.34. The van der Waals surface area contributed by atoms with Gasteiger partial charge in [0.2, 0.25) is 0 Å². The van der Waals surface area contributed by atoms with Gasteiger partial charge in [-0.05, 0) is 89.9 Å². The highest BCUT2D eigenvalue weighted by Crippen LogP contribution is 2.43. The van der Waals surface area contributed by atoms with Gasteiger partial charge in [0.25, 0.3) is 0 Å². The summed E-state index contributed by atoms with van der Waals surface area (Å²) < 4.78 is 32.5. The molecule has 0 amide bonds. The van der Waals surface area contributed by atoms with Crippen molar-refractivity contribution >= 4 is 25.7 Å². The molecule has 0 aliphatic heterocycles. The highest BCUT2D eigenvalue weighted by atomic mass is 31.2. The second-order valence-corrected chi connectivity index (χ2v) is 15.7. The number of allylic oxidation sites excluding steroid dienone is 17. The third kappa shape index (κ3) is 41.2. The predicted octanol–water partition coefficient (Wildman–Crippen LogP) is 10.8. The molecule has 0 aromatic carbocycles. The van der Waals surface area contributed by atoms with E-state index in [0.29, 0.717) is 19.3 Å². The Balaban J connectivity index is 4.64. The van der Waals surface area contributed by atoms with Gasteiger partial charge in [-0.25, -0.2) is 4.57 Å². The molecule has 0 aliphatic carbocycles. The van der Waals surface area contributed by atoms with Crippen LogP contribution in [0.5, 0.6) is 0 Å². The summed E-state index contributed by atoms with van der Waals surface area (Å²) in [5.41, 5.74) is 5.32. The van der Waals surface area contributed by atoms with E-state index in [1.54, 1.807) is 12.2 Å². The zero-order chi connectivity index (χ0) is 45.1. The Labute approximate surface area is 366 Å². The second kappa shape index (κ2) is 41.5. The molecule has 0 bridgehead atoms. The quantitative estimate of drug-likeness (QED) is 0.0150. The van der Waals surface area contributed by atoms with Crippen LogP contribution in [0.3, 0.4) is 0 Å². The van der Waals surface area contributed by atoms with Gasteiger partial charge in [-0.2, -0.15) is 0 Å². The molecule has 12 nitrogen and oxygen atoms in total. The summed E-state index contributed by atoms with van der Waals surface area (Å²) in [5.74, 6) is -2.66. The Morgan fingerprint density at radius 1 is 0.607 bits per heavy atom. The number of aliphatic hydroxyl groups is 1. The van der Waals surface area contributed by atoms with Gasteiger partial charge in [-0.1, -0.05) is 142 Å². The van der Waals surface area contributed by atoms with E-state index >= 15 is 0 Å². The van der Waals surface area contributed by atoms with E-state index in [1.807, 2.05) is 12.2 Å². The van der Waals surface area contributed by atoms with Crippen LogP contribution in [-0.4, -0.2) is 71.1 Å². The molecule has 4 atom stereocenters. The number of carboxylic acid groups (broad SMARTS) is 1. The maximum absolute atomic E-state index is 12.6. The van der Waals surface area contributed by atoms with Crippen LogP contribution in [-0.2, 0) is 37.5 Å². The number of phosphoric acid groups is 1. The fourth-order valence-corrected chi connectivity index (χ4v) is 5.91. The van der Waals surface area contributed by atoms with E-state index in [2.05, 4.69) is 103 Å². The van der Waals surface area contributed by atoms with Crippen LogP contribution in [0.25, 0.3) is 0 Å². The van der Waals surface area contributed by atoms with Gasteiger partial charge in [-0.3, -0.25) is 23.4 Å². The molecule has 13 heteroatoms. The van der Waals surface area contributed by atoms with Crippen LogP contribution in [0, 0.1) is 0 Å². The van der Waals surface area contributed by atoms with Crippen LogP contribution in [0.1, 0.15) is 136 Å². The molecule has 0 aromatic heterocycles. The van der Waals surface area contributed by atoms with Crippen molar-refractivity contribution in [1.82, 2.24) is 0 Å². The van der Waals surface area contributed by atoms with Gasteiger partial charge < -0.3 is 30.3 Å². The number of phosphoric ester groups is 1. The Morgan fingerprint density at radius 2 is 1.11 bits per heavy atom. The summed E-state index contributed by atoms with van der Waals surface area (Å²) in [6.45, 7) is 2.40. The molecule has 5 N–H and O–H groups in total. The fraction of sp³-hybridized carbons (Fsp3) is 0.562. The number of unbranched alkanes of at least 4 members (excludes halogenated alkanes) is 6. The molecule has 0 fully saturated rings. The smallest absolute Gasteiger partial charge is 0.472 e. The van der Waals surface area contributed by atoms with Crippen molar-refractivity contribution in [2.45, 2.75) is 154 Å². The largest absolute Gasteiger partial charge is 0.480 e. The molecule has 61 heavy (non-hydrogen) atoms. The van der Waals surface area contributed by atoms with Crippen LogP contribution in [0.2, 0.25) is 0 Å². The third-order valence-electron chi connectivity index (χ3n) is 8.61. The molecule has 0 aromatic rings. The summed E-state index contributed by atoms with van der Waals surface area (Å²) in [5, 5.41) is 19.1. The minimum Gasteiger partial charge on any atom is -0.480 e. The molecule has 0 spiro atoms. The number of hydrogen-bond acceptors (Lipinski definition) is 10. The zero-order valence-corrected chi connectivity index (χ0v) is 37.7. The van der Waals surface area contributed by atoms with Crippen molar-refractivity contribution in [2.75, 3.05) is 19.8 Å². The minimum absolute atomic E-state index is 0.0212. The first kappa shape index (κ1) is 57.1. The average Bonchev–Trinajstić information content (AvgIpc) is 3.23. The Hall–Kier alpha value is -3.90. The molecular weight excluding hydrogens is 797 g/mol. The molecule has 1 unspecified atom stereocenters. The Morgan fingerprint density at radius 3 is 1.67 bits per heavy atom. The number of rotatable bonds is 39. The Kier molecular flexibility index (Phi) is 38.8. The van der Waals surface area contributed by atoms with E-state index in [0.717, 1.165) is 70.6 Å². The van der Waals surface area contributed by atoms with E-state index in [1.165, 1.54) is 19.3 Å². The lowest BCUT2D eigenvalue weighted by Gasteiger charge is -2.20. The topological polar surface area (TPSA) is 192 Å². The lowest BCUT2D eigenvalue weighted by atomic mass is 10.1. The number of nitrogens with two attached hydrogens (primary N) is 1.